The number of hydrogen-bond acceptors (Lipinski definition) is 3. The molecule has 0 aliphatic rings. The molecule has 4 nitrogen and oxygen atoms in total. The molecular weight excluding hydrogens is 218 g/mol. The molecule has 0 spiro atoms. The lowest BCUT2D eigenvalue weighted by atomic mass is 10.1. The molecule has 0 atom stereocenters. The van der Waals surface area contributed by atoms with Crippen molar-refractivity contribution in [1.29, 1.82) is 0 Å². The Morgan fingerprint density at radius 3 is 2.65 bits per heavy atom. The number of aliphatic hydroxyl groups excluding tert-OH is 1. The molecule has 1 amide bonds. The van der Waals surface area contributed by atoms with E-state index >= 15 is 0 Å². The number of benzene rings is 1. The zero-order valence-electron chi connectivity index (χ0n) is 10.6. The lowest BCUT2D eigenvalue weighted by Crippen LogP contribution is -2.33. The van der Waals surface area contributed by atoms with E-state index < -0.39 is 0 Å². The number of rotatable bonds is 5. The fourth-order valence-electron chi connectivity index (χ4n) is 1.70. The van der Waals surface area contributed by atoms with Gasteiger partial charge in [0.1, 0.15) is 5.75 Å². The van der Waals surface area contributed by atoms with Crippen LogP contribution in [0.1, 0.15) is 22.8 Å². The summed E-state index contributed by atoms with van der Waals surface area (Å²) in [6.45, 7) is 4.70. The maximum atomic E-state index is 12.2. The number of carbonyl (C=O) groups excluding carboxylic acids is 1. The van der Waals surface area contributed by atoms with E-state index in [1.165, 1.54) is 0 Å². The smallest absolute Gasteiger partial charge is 0.254 e. The molecule has 0 heterocycles. The van der Waals surface area contributed by atoms with Crippen LogP contribution in [0.3, 0.4) is 0 Å². The van der Waals surface area contributed by atoms with Crippen LogP contribution < -0.4 is 4.74 Å². The first-order valence-electron chi connectivity index (χ1n) is 5.68. The van der Waals surface area contributed by atoms with Crippen molar-refractivity contribution in [1.82, 2.24) is 4.90 Å². The minimum atomic E-state index is -0.0540. The molecule has 4 heteroatoms. The molecule has 0 aliphatic carbocycles. The Labute approximate surface area is 102 Å². The van der Waals surface area contributed by atoms with E-state index in [0.29, 0.717) is 18.7 Å². The van der Waals surface area contributed by atoms with Crippen LogP contribution in [-0.2, 0) is 0 Å². The summed E-state index contributed by atoms with van der Waals surface area (Å²) in [5.41, 5.74) is 1.53. The van der Waals surface area contributed by atoms with Crippen molar-refractivity contribution in [3.05, 3.63) is 29.3 Å². The first-order chi connectivity index (χ1) is 8.13. The standard InChI is InChI=1S/C13H19NO3/c1-4-14(7-8-15)13(16)12-6-5-11(17-3)9-10(12)2/h5-6,9,15H,4,7-8H2,1-3H3. The van der Waals surface area contributed by atoms with Gasteiger partial charge in [0.05, 0.1) is 13.7 Å². The van der Waals surface area contributed by atoms with Crippen molar-refractivity contribution in [2.24, 2.45) is 0 Å². The minimum Gasteiger partial charge on any atom is -0.497 e. The molecule has 1 rings (SSSR count). The quantitative estimate of drug-likeness (QED) is 0.843. The third-order valence-corrected chi connectivity index (χ3v) is 2.70. The summed E-state index contributed by atoms with van der Waals surface area (Å²) in [7, 11) is 1.60. The van der Waals surface area contributed by atoms with Crippen LogP contribution in [-0.4, -0.2) is 42.7 Å². The van der Waals surface area contributed by atoms with Gasteiger partial charge in [-0.05, 0) is 37.6 Å². The van der Waals surface area contributed by atoms with Crippen molar-refractivity contribution in [2.75, 3.05) is 26.8 Å². The SMILES string of the molecule is CCN(CCO)C(=O)c1ccc(OC)cc1C. The van der Waals surface area contributed by atoms with Crippen LogP contribution in [0, 0.1) is 6.92 Å². The number of aliphatic hydroxyl groups is 1. The molecule has 0 aromatic heterocycles. The molecule has 0 unspecified atom stereocenters. The Bertz CT molecular complexity index is 390. The molecule has 0 fully saturated rings. The third kappa shape index (κ3) is 3.20. The molecular formula is C13H19NO3. The van der Waals surface area contributed by atoms with E-state index in [4.69, 9.17) is 9.84 Å². The topological polar surface area (TPSA) is 49.8 Å². The molecule has 0 radical (unpaired) electrons. The van der Waals surface area contributed by atoms with Gasteiger partial charge in [0.25, 0.3) is 5.91 Å². The van der Waals surface area contributed by atoms with Gasteiger partial charge >= 0.3 is 0 Å². The predicted octanol–water partition coefficient (Wildman–Crippen LogP) is 1.46. The van der Waals surface area contributed by atoms with Gasteiger partial charge in [-0.25, -0.2) is 0 Å². The van der Waals surface area contributed by atoms with E-state index in [9.17, 15) is 4.79 Å². The molecule has 94 valence electrons. The summed E-state index contributed by atoms with van der Waals surface area (Å²) in [5.74, 6) is 0.686. The van der Waals surface area contributed by atoms with Crippen LogP contribution >= 0.6 is 0 Å². The van der Waals surface area contributed by atoms with Crippen LogP contribution in [0.25, 0.3) is 0 Å². The summed E-state index contributed by atoms with van der Waals surface area (Å²) >= 11 is 0. The van der Waals surface area contributed by atoms with Crippen LogP contribution in [0.4, 0.5) is 0 Å². The second-order valence-electron chi connectivity index (χ2n) is 3.79. The monoisotopic (exact) mass is 237 g/mol. The summed E-state index contributed by atoms with van der Waals surface area (Å²) in [5, 5.41) is 8.90. The number of amides is 1. The highest BCUT2D eigenvalue weighted by molar-refractivity contribution is 5.95. The van der Waals surface area contributed by atoms with Crippen molar-refractivity contribution >= 4 is 5.91 Å². The highest BCUT2D eigenvalue weighted by Crippen LogP contribution is 2.18. The Morgan fingerprint density at radius 2 is 2.18 bits per heavy atom. The van der Waals surface area contributed by atoms with Gasteiger partial charge in [-0.2, -0.15) is 0 Å². The summed E-state index contributed by atoms with van der Waals surface area (Å²) in [6, 6.07) is 5.36. The Kier molecular flexibility index (Phi) is 4.97. The summed E-state index contributed by atoms with van der Waals surface area (Å²) in [4.78, 5) is 13.8. The molecule has 1 aromatic rings. The van der Waals surface area contributed by atoms with Crippen molar-refractivity contribution in [2.45, 2.75) is 13.8 Å². The number of hydrogen-bond donors (Lipinski definition) is 1. The molecule has 1 N–H and O–H groups in total. The largest absolute Gasteiger partial charge is 0.497 e. The van der Waals surface area contributed by atoms with E-state index in [2.05, 4.69) is 0 Å². The first kappa shape index (κ1) is 13.5. The van der Waals surface area contributed by atoms with Crippen molar-refractivity contribution < 1.29 is 14.6 Å². The first-order valence-corrected chi connectivity index (χ1v) is 5.68. The second kappa shape index (κ2) is 6.25. The van der Waals surface area contributed by atoms with E-state index in [1.54, 1.807) is 24.1 Å². The lowest BCUT2D eigenvalue weighted by Gasteiger charge is -2.20. The van der Waals surface area contributed by atoms with E-state index in [1.807, 2.05) is 19.9 Å². The number of methoxy groups -OCH3 is 1. The highest BCUT2D eigenvalue weighted by Gasteiger charge is 2.15. The van der Waals surface area contributed by atoms with Gasteiger partial charge in [-0.15, -0.1) is 0 Å². The third-order valence-electron chi connectivity index (χ3n) is 2.70. The van der Waals surface area contributed by atoms with Crippen molar-refractivity contribution in [3.63, 3.8) is 0 Å². The van der Waals surface area contributed by atoms with Gasteiger partial charge < -0.3 is 14.7 Å². The second-order valence-corrected chi connectivity index (χ2v) is 3.79. The molecule has 0 aliphatic heterocycles. The zero-order valence-corrected chi connectivity index (χ0v) is 10.6. The number of carbonyl (C=O) groups is 1. The van der Waals surface area contributed by atoms with Gasteiger partial charge in [-0.1, -0.05) is 0 Å². The van der Waals surface area contributed by atoms with Gasteiger partial charge in [0, 0.05) is 18.7 Å². The fourth-order valence-corrected chi connectivity index (χ4v) is 1.70. The Hall–Kier alpha value is -1.55. The summed E-state index contributed by atoms with van der Waals surface area (Å²) in [6.07, 6.45) is 0. The highest BCUT2D eigenvalue weighted by atomic mass is 16.5. The van der Waals surface area contributed by atoms with E-state index in [-0.39, 0.29) is 12.5 Å². The average Bonchev–Trinajstić information content (AvgIpc) is 2.35. The van der Waals surface area contributed by atoms with Crippen molar-refractivity contribution in [3.8, 4) is 5.75 Å². The molecule has 0 saturated carbocycles. The Balaban J connectivity index is 2.95. The molecule has 0 saturated heterocycles. The van der Waals surface area contributed by atoms with E-state index in [0.717, 1.165) is 11.3 Å². The number of likely N-dealkylation sites (N-methyl/N-ethyl adjacent to an activating group) is 1. The number of nitrogens with zero attached hydrogens (tertiary/aromatic N) is 1. The predicted molar refractivity (Wildman–Crippen MR) is 66.4 cm³/mol. The van der Waals surface area contributed by atoms with Gasteiger partial charge in [0.15, 0.2) is 0 Å². The maximum Gasteiger partial charge on any atom is 0.254 e. The normalized spacial score (nSPS) is 10.1. The average molecular weight is 237 g/mol. The Morgan fingerprint density at radius 1 is 1.47 bits per heavy atom. The molecule has 0 bridgehead atoms. The zero-order chi connectivity index (χ0) is 12.8. The molecule has 1 aromatic carbocycles. The van der Waals surface area contributed by atoms with Gasteiger partial charge in [-0.3, -0.25) is 4.79 Å². The van der Waals surface area contributed by atoms with Crippen LogP contribution in [0.2, 0.25) is 0 Å². The fraction of sp³-hybridized carbons (Fsp3) is 0.462. The van der Waals surface area contributed by atoms with Crippen LogP contribution in [0.15, 0.2) is 18.2 Å². The maximum absolute atomic E-state index is 12.2. The number of aryl methyl sites for hydroxylation is 1. The summed E-state index contributed by atoms with van der Waals surface area (Å²) < 4.78 is 5.10. The lowest BCUT2D eigenvalue weighted by molar-refractivity contribution is 0.0731. The molecule has 17 heavy (non-hydrogen) atoms. The van der Waals surface area contributed by atoms with Gasteiger partial charge in [0.2, 0.25) is 0 Å². The minimum absolute atomic E-state index is 0.0191. The number of ether oxygens (including phenoxy) is 1. The van der Waals surface area contributed by atoms with Crippen LogP contribution in [0.5, 0.6) is 5.75 Å².